The molecule has 0 fully saturated rings. The number of rotatable bonds is 4. The molecular weight excluding hydrogens is 180 g/mol. The molecule has 0 aliphatic rings. The predicted octanol–water partition coefficient (Wildman–Crippen LogP) is 1.37. The molecular formula is C10H16N2O2. The van der Waals surface area contributed by atoms with Crippen LogP contribution < -0.4 is 0 Å². The van der Waals surface area contributed by atoms with E-state index in [1.54, 1.807) is 6.07 Å². The lowest BCUT2D eigenvalue weighted by Crippen LogP contribution is -2.08. The van der Waals surface area contributed by atoms with Crippen molar-refractivity contribution < 1.29 is 9.84 Å². The number of aliphatic hydroxyl groups excluding tert-OH is 1. The minimum absolute atomic E-state index is 0.0603. The summed E-state index contributed by atoms with van der Waals surface area (Å²) in [5, 5.41) is 8.97. The summed E-state index contributed by atoms with van der Waals surface area (Å²) in [4.78, 5) is 8.44. The van der Waals surface area contributed by atoms with Gasteiger partial charge < -0.3 is 9.84 Å². The molecule has 78 valence electrons. The van der Waals surface area contributed by atoms with E-state index in [-0.39, 0.29) is 12.7 Å². The molecule has 0 saturated carbocycles. The average Bonchev–Trinajstić information content (AvgIpc) is 2.17. The molecule has 4 heteroatoms. The zero-order chi connectivity index (χ0) is 10.6. The Morgan fingerprint density at radius 2 is 2.21 bits per heavy atom. The summed E-state index contributed by atoms with van der Waals surface area (Å²) in [6, 6.07) is 1.77. The molecule has 0 bridgehead atoms. The molecule has 4 nitrogen and oxygen atoms in total. The Balaban J connectivity index is 2.90. The van der Waals surface area contributed by atoms with Crippen LogP contribution in [0.15, 0.2) is 6.07 Å². The Kier molecular flexibility index (Phi) is 3.98. The molecule has 0 radical (unpaired) electrons. The van der Waals surface area contributed by atoms with Crippen molar-refractivity contribution in [1.82, 2.24) is 9.97 Å². The maximum Gasteiger partial charge on any atom is 0.157 e. The third-order valence-corrected chi connectivity index (χ3v) is 1.87. The van der Waals surface area contributed by atoms with Crippen molar-refractivity contribution in [2.75, 3.05) is 6.61 Å². The molecule has 0 spiro atoms. The minimum Gasteiger partial charge on any atom is -0.390 e. The van der Waals surface area contributed by atoms with Crippen LogP contribution >= 0.6 is 0 Å². The van der Waals surface area contributed by atoms with Gasteiger partial charge in [-0.25, -0.2) is 9.97 Å². The summed E-state index contributed by atoms with van der Waals surface area (Å²) in [5.41, 5.74) is 1.49. The van der Waals surface area contributed by atoms with Gasteiger partial charge in [-0.05, 0) is 26.8 Å². The van der Waals surface area contributed by atoms with Crippen LogP contribution in [0.3, 0.4) is 0 Å². The van der Waals surface area contributed by atoms with Gasteiger partial charge in [-0.15, -0.1) is 0 Å². The van der Waals surface area contributed by atoms with Crippen molar-refractivity contribution in [3.05, 3.63) is 23.3 Å². The Labute approximate surface area is 84.0 Å². The predicted molar refractivity (Wildman–Crippen MR) is 52.7 cm³/mol. The molecule has 1 heterocycles. The first kappa shape index (κ1) is 11.1. The summed E-state index contributed by atoms with van der Waals surface area (Å²) in [6.45, 7) is 6.28. The Morgan fingerprint density at radius 1 is 1.50 bits per heavy atom. The number of aromatic nitrogens is 2. The van der Waals surface area contributed by atoms with Crippen molar-refractivity contribution in [3.8, 4) is 0 Å². The topological polar surface area (TPSA) is 55.2 Å². The van der Waals surface area contributed by atoms with Gasteiger partial charge in [0.05, 0.1) is 12.3 Å². The fourth-order valence-corrected chi connectivity index (χ4v) is 1.25. The smallest absolute Gasteiger partial charge is 0.157 e. The van der Waals surface area contributed by atoms with Crippen LogP contribution in [0.1, 0.15) is 37.2 Å². The second kappa shape index (κ2) is 5.02. The van der Waals surface area contributed by atoms with Gasteiger partial charge in [0.15, 0.2) is 5.82 Å². The highest BCUT2D eigenvalue weighted by Gasteiger charge is 2.09. The lowest BCUT2D eigenvalue weighted by molar-refractivity contribution is 0.0695. The highest BCUT2D eigenvalue weighted by atomic mass is 16.5. The summed E-state index contributed by atoms with van der Waals surface area (Å²) in [6.07, 6.45) is -0.120. The van der Waals surface area contributed by atoms with Crippen molar-refractivity contribution in [2.45, 2.75) is 33.5 Å². The molecule has 1 N–H and O–H groups in total. The van der Waals surface area contributed by atoms with E-state index in [1.807, 2.05) is 20.8 Å². The number of ether oxygens (including phenoxy) is 1. The van der Waals surface area contributed by atoms with E-state index in [2.05, 4.69) is 9.97 Å². The monoisotopic (exact) mass is 196 g/mol. The van der Waals surface area contributed by atoms with Gasteiger partial charge in [-0.2, -0.15) is 0 Å². The highest BCUT2D eigenvalue weighted by molar-refractivity contribution is 5.10. The zero-order valence-electron chi connectivity index (χ0n) is 8.82. The van der Waals surface area contributed by atoms with Crippen LogP contribution in [0.5, 0.6) is 0 Å². The van der Waals surface area contributed by atoms with Crippen molar-refractivity contribution in [3.63, 3.8) is 0 Å². The van der Waals surface area contributed by atoms with Crippen LogP contribution in [-0.2, 0) is 11.3 Å². The maximum absolute atomic E-state index is 8.97. The third kappa shape index (κ3) is 2.75. The van der Waals surface area contributed by atoms with E-state index in [1.165, 1.54) is 0 Å². The number of hydrogen-bond acceptors (Lipinski definition) is 4. The highest BCUT2D eigenvalue weighted by Crippen LogP contribution is 2.13. The Morgan fingerprint density at radius 3 is 2.79 bits per heavy atom. The molecule has 0 amide bonds. The first-order chi connectivity index (χ1) is 6.67. The van der Waals surface area contributed by atoms with E-state index < -0.39 is 0 Å². The van der Waals surface area contributed by atoms with E-state index in [9.17, 15) is 0 Å². The summed E-state index contributed by atoms with van der Waals surface area (Å²) in [5.74, 6) is 0.635. The second-order valence-corrected chi connectivity index (χ2v) is 3.11. The summed E-state index contributed by atoms with van der Waals surface area (Å²) >= 11 is 0. The summed E-state index contributed by atoms with van der Waals surface area (Å²) in [7, 11) is 0. The van der Waals surface area contributed by atoms with Crippen molar-refractivity contribution >= 4 is 0 Å². The molecule has 14 heavy (non-hydrogen) atoms. The molecule has 0 aliphatic carbocycles. The van der Waals surface area contributed by atoms with E-state index >= 15 is 0 Å². The standard InChI is InChI=1S/C10H16N2O2/c1-4-14-8(3)10-11-7(2)5-9(6-13)12-10/h5,8,13H,4,6H2,1-3H3. The maximum atomic E-state index is 8.97. The number of aliphatic hydroxyl groups is 1. The van der Waals surface area contributed by atoms with Gasteiger partial charge in [-0.3, -0.25) is 0 Å². The third-order valence-electron chi connectivity index (χ3n) is 1.87. The zero-order valence-corrected chi connectivity index (χ0v) is 8.82. The van der Waals surface area contributed by atoms with Crippen LogP contribution in [0.4, 0.5) is 0 Å². The number of nitrogens with zero attached hydrogens (tertiary/aromatic N) is 2. The minimum atomic E-state index is -0.120. The molecule has 0 aliphatic heterocycles. The number of hydrogen-bond donors (Lipinski definition) is 1. The lowest BCUT2D eigenvalue weighted by Gasteiger charge is -2.11. The molecule has 1 rings (SSSR count). The Bertz CT molecular complexity index is 302. The first-order valence-electron chi connectivity index (χ1n) is 4.74. The fraction of sp³-hybridized carbons (Fsp3) is 0.600. The van der Waals surface area contributed by atoms with Crippen LogP contribution in [0, 0.1) is 6.92 Å². The van der Waals surface area contributed by atoms with Gasteiger partial charge in [0.2, 0.25) is 0 Å². The van der Waals surface area contributed by atoms with E-state index in [4.69, 9.17) is 9.84 Å². The van der Waals surface area contributed by atoms with E-state index in [0.29, 0.717) is 18.1 Å². The molecule has 1 atom stereocenters. The van der Waals surface area contributed by atoms with Crippen LogP contribution in [0.2, 0.25) is 0 Å². The van der Waals surface area contributed by atoms with Gasteiger partial charge in [0.25, 0.3) is 0 Å². The van der Waals surface area contributed by atoms with Gasteiger partial charge in [-0.1, -0.05) is 0 Å². The number of aryl methyl sites for hydroxylation is 1. The Hall–Kier alpha value is -1.00. The van der Waals surface area contributed by atoms with Crippen molar-refractivity contribution in [2.24, 2.45) is 0 Å². The normalized spacial score (nSPS) is 12.9. The molecule has 1 aromatic rings. The fourth-order valence-electron chi connectivity index (χ4n) is 1.25. The van der Waals surface area contributed by atoms with Gasteiger partial charge in [0.1, 0.15) is 6.10 Å². The van der Waals surface area contributed by atoms with Crippen molar-refractivity contribution in [1.29, 1.82) is 0 Å². The second-order valence-electron chi connectivity index (χ2n) is 3.11. The molecule has 0 aromatic carbocycles. The molecule has 0 saturated heterocycles. The van der Waals surface area contributed by atoms with Crippen LogP contribution in [-0.4, -0.2) is 21.7 Å². The summed E-state index contributed by atoms with van der Waals surface area (Å²) < 4.78 is 5.38. The molecule has 1 aromatic heterocycles. The molecule has 1 unspecified atom stereocenters. The van der Waals surface area contributed by atoms with E-state index in [0.717, 1.165) is 5.69 Å². The quantitative estimate of drug-likeness (QED) is 0.790. The van der Waals surface area contributed by atoms with Crippen LogP contribution in [0.25, 0.3) is 0 Å². The SMILES string of the molecule is CCOC(C)c1nc(C)cc(CO)n1. The largest absolute Gasteiger partial charge is 0.390 e. The lowest BCUT2D eigenvalue weighted by atomic mass is 10.3. The van der Waals surface area contributed by atoms with Gasteiger partial charge >= 0.3 is 0 Å². The van der Waals surface area contributed by atoms with Gasteiger partial charge in [0, 0.05) is 12.3 Å². The average molecular weight is 196 g/mol. The first-order valence-corrected chi connectivity index (χ1v) is 4.74.